The van der Waals surface area contributed by atoms with E-state index in [9.17, 15) is 4.79 Å². The number of Topliss-reactive ketones (excluding diaryl/α,β-unsaturated/α-hetero) is 1. The van der Waals surface area contributed by atoms with Crippen LogP contribution < -0.4 is 0 Å². The summed E-state index contributed by atoms with van der Waals surface area (Å²) in [5.74, 6) is 1.00. The van der Waals surface area contributed by atoms with Crippen molar-refractivity contribution in [1.29, 1.82) is 0 Å². The number of benzene rings is 1. The van der Waals surface area contributed by atoms with Gasteiger partial charge in [0.15, 0.2) is 5.78 Å². The molecule has 0 heterocycles. The van der Waals surface area contributed by atoms with Crippen molar-refractivity contribution in [1.82, 2.24) is 4.90 Å². The summed E-state index contributed by atoms with van der Waals surface area (Å²) < 4.78 is 0. The first-order valence-corrected chi connectivity index (χ1v) is 7.47. The number of carbonyl (C=O) groups excluding carboxylic acids is 1. The molecule has 1 aromatic carbocycles. The van der Waals surface area contributed by atoms with Crippen molar-refractivity contribution in [2.75, 3.05) is 13.1 Å². The summed E-state index contributed by atoms with van der Waals surface area (Å²) in [5, 5.41) is 0.561. The summed E-state index contributed by atoms with van der Waals surface area (Å²) >= 11 is 6.06. The summed E-state index contributed by atoms with van der Waals surface area (Å²) in [5.41, 5.74) is 0.652. The maximum Gasteiger partial charge on any atom is 0.165 e. The van der Waals surface area contributed by atoms with Gasteiger partial charge < -0.3 is 4.90 Å². The maximum atomic E-state index is 12.2. The van der Waals surface area contributed by atoms with Crippen LogP contribution in [0.3, 0.4) is 0 Å². The molecule has 104 valence electrons. The number of hydrogen-bond acceptors (Lipinski definition) is 2. The van der Waals surface area contributed by atoms with Gasteiger partial charge in [-0.25, -0.2) is 0 Å². The van der Waals surface area contributed by atoms with E-state index in [1.54, 1.807) is 6.07 Å². The molecule has 0 spiro atoms. The van der Waals surface area contributed by atoms with E-state index in [0.29, 0.717) is 23.0 Å². The van der Waals surface area contributed by atoms with Crippen LogP contribution in [0.4, 0.5) is 0 Å². The van der Waals surface area contributed by atoms with Crippen molar-refractivity contribution in [3.8, 4) is 0 Å². The van der Waals surface area contributed by atoms with Crippen LogP contribution >= 0.6 is 11.6 Å². The largest absolute Gasteiger partial charge is 0.300 e. The van der Waals surface area contributed by atoms with Crippen molar-refractivity contribution in [3.05, 3.63) is 34.9 Å². The van der Waals surface area contributed by atoms with Crippen molar-refractivity contribution in [3.63, 3.8) is 0 Å². The monoisotopic (exact) mass is 279 g/mol. The number of halogens is 1. The third-order valence-electron chi connectivity index (χ3n) is 3.72. The normalized spacial score (nSPS) is 15.2. The highest BCUT2D eigenvalue weighted by Gasteiger charge is 2.25. The van der Waals surface area contributed by atoms with E-state index in [-0.39, 0.29) is 5.78 Å². The molecule has 2 nitrogen and oxygen atoms in total. The zero-order chi connectivity index (χ0) is 13.8. The van der Waals surface area contributed by atoms with Gasteiger partial charge in [0, 0.05) is 31.1 Å². The number of rotatable bonds is 7. The smallest absolute Gasteiger partial charge is 0.165 e. The Balaban J connectivity index is 1.89. The van der Waals surface area contributed by atoms with Gasteiger partial charge in [-0.15, -0.1) is 0 Å². The molecule has 1 aromatic rings. The van der Waals surface area contributed by atoms with Gasteiger partial charge in [0.05, 0.1) is 5.02 Å². The molecule has 1 saturated carbocycles. The molecular formula is C16H22ClNO. The molecule has 2 rings (SSSR count). The number of ketones is 1. The van der Waals surface area contributed by atoms with Crippen LogP contribution in [0.2, 0.25) is 5.02 Å². The van der Waals surface area contributed by atoms with E-state index >= 15 is 0 Å². The molecule has 0 atom stereocenters. The van der Waals surface area contributed by atoms with E-state index in [1.807, 2.05) is 18.2 Å². The Kier molecular flexibility index (Phi) is 5.00. The molecule has 3 heteroatoms. The van der Waals surface area contributed by atoms with Gasteiger partial charge >= 0.3 is 0 Å². The third kappa shape index (κ3) is 4.32. The fourth-order valence-corrected chi connectivity index (χ4v) is 2.50. The minimum atomic E-state index is 0.145. The first-order valence-electron chi connectivity index (χ1n) is 7.09. The Morgan fingerprint density at radius 2 is 2.05 bits per heavy atom. The van der Waals surface area contributed by atoms with Crippen molar-refractivity contribution >= 4 is 17.4 Å². The summed E-state index contributed by atoms with van der Waals surface area (Å²) in [6.45, 7) is 6.36. The van der Waals surface area contributed by atoms with Gasteiger partial charge in [0.2, 0.25) is 0 Å². The maximum absolute atomic E-state index is 12.2. The van der Waals surface area contributed by atoms with Crippen molar-refractivity contribution in [2.45, 2.75) is 39.2 Å². The molecule has 0 bridgehead atoms. The number of hydrogen-bond donors (Lipinski definition) is 0. The van der Waals surface area contributed by atoms with Gasteiger partial charge in [-0.05, 0) is 44.7 Å². The minimum Gasteiger partial charge on any atom is -0.300 e. The van der Waals surface area contributed by atoms with Gasteiger partial charge in [-0.1, -0.05) is 23.7 Å². The van der Waals surface area contributed by atoms with Crippen molar-refractivity contribution < 1.29 is 4.79 Å². The molecule has 0 aromatic heterocycles. The number of nitrogens with zero attached hydrogens (tertiary/aromatic N) is 1. The van der Waals surface area contributed by atoms with E-state index in [2.05, 4.69) is 18.7 Å². The van der Waals surface area contributed by atoms with Gasteiger partial charge in [-0.2, -0.15) is 0 Å². The lowest BCUT2D eigenvalue weighted by Crippen LogP contribution is -2.34. The van der Waals surface area contributed by atoms with E-state index in [4.69, 9.17) is 11.6 Å². The Hall–Kier alpha value is -0.860. The van der Waals surface area contributed by atoms with Crippen LogP contribution in [0.1, 0.15) is 43.5 Å². The van der Waals surface area contributed by atoms with Crippen LogP contribution in [0, 0.1) is 5.92 Å². The Labute approximate surface area is 120 Å². The Morgan fingerprint density at radius 1 is 1.37 bits per heavy atom. The fraction of sp³-hybridized carbons (Fsp3) is 0.562. The highest BCUT2D eigenvalue weighted by molar-refractivity contribution is 6.33. The summed E-state index contributed by atoms with van der Waals surface area (Å²) in [6, 6.07) is 7.81. The van der Waals surface area contributed by atoms with Gasteiger partial charge in [0.1, 0.15) is 0 Å². The molecule has 0 aliphatic heterocycles. The number of carbonyl (C=O) groups is 1. The second-order valence-corrected chi connectivity index (χ2v) is 6.09. The Morgan fingerprint density at radius 3 is 2.63 bits per heavy atom. The molecule has 19 heavy (non-hydrogen) atoms. The highest BCUT2D eigenvalue weighted by Crippen LogP contribution is 2.30. The molecule has 1 aliphatic carbocycles. The standard InChI is InChI=1S/C16H22ClNO/c1-12(2)18(11-13-7-8-13)10-9-16(19)14-5-3-4-6-15(14)17/h3-6,12-13H,7-11H2,1-2H3. The average molecular weight is 280 g/mol. The van der Waals surface area contributed by atoms with Crippen LogP contribution in [0.5, 0.6) is 0 Å². The van der Waals surface area contributed by atoms with Gasteiger partial charge in [-0.3, -0.25) is 4.79 Å². The summed E-state index contributed by atoms with van der Waals surface area (Å²) in [6.07, 6.45) is 3.25. The van der Waals surface area contributed by atoms with Crippen molar-refractivity contribution in [2.24, 2.45) is 5.92 Å². The van der Waals surface area contributed by atoms with Crippen LogP contribution in [-0.2, 0) is 0 Å². The fourth-order valence-electron chi connectivity index (χ4n) is 2.26. The molecule has 0 saturated heterocycles. The quantitative estimate of drug-likeness (QED) is 0.702. The summed E-state index contributed by atoms with van der Waals surface area (Å²) in [7, 11) is 0. The second-order valence-electron chi connectivity index (χ2n) is 5.69. The lowest BCUT2D eigenvalue weighted by atomic mass is 10.1. The predicted octanol–water partition coefficient (Wildman–Crippen LogP) is 4.03. The molecular weight excluding hydrogens is 258 g/mol. The molecule has 1 aliphatic rings. The second kappa shape index (κ2) is 6.53. The first-order chi connectivity index (χ1) is 9.08. The highest BCUT2D eigenvalue weighted by atomic mass is 35.5. The molecule has 0 unspecified atom stereocenters. The van der Waals surface area contributed by atoms with Gasteiger partial charge in [0.25, 0.3) is 0 Å². The van der Waals surface area contributed by atoms with E-state index in [0.717, 1.165) is 19.0 Å². The topological polar surface area (TPSA) is 20.3 Å². The molecule has 0 amide bonds. The first kappa shape index (κ1) is 14.5. The molecule has 0 N–H and O–H groups in total. The van der Waals surface area contributed by atoms with Crippen LogP contribution in [-0.4, -0.2) is 29.8 Å². The third-order valence-corrected chi connectivity index (χ3v) is 4.05. The zero-order valence-corrected chi connectivity index (χ0v) is 12.5. The molecule has 1 fully saturated rings. The molecule has 0 radical (unpaired) electrons. The van der Waals surface area contributed by atoms with E-state index in [1.165, 1.54) is 12.8 Å². The summed E-state index contributed by atoms with van der Waals surface area (Å²) in [4.78, 5) is 14.6. The lowest BCUT2D eigenvalue weighted by molar-refractivity contribution is 0.0954. The van der Waals surface area contributed by atoms with Crippen LogP contribution in [0.25, 0.3) is 0 Å². The van der Waals surface area contributed by atoms with E-state index < -0.39 is 0 Å². The SMILES string of the molecule is CC(C)N(CCC(=O)c1ccccc1Cl)CC1CC1. The predicted molar refractivity (Wildman–Crippen MR) is 79.8 cm³/mol. The lowest BCUT2D eigenvalue weighted by Gasteiger charge is -2.26. The zero-order valence-electron chi connectivity index (χ0n) is 11.7. The Bertz CT molecular complexity index is 440. The minimum absolute atomic E-state index is 0.145. The average Bonchev–Trinajstić information content (AvgIpc) is 3.18. The van der Waals surface area contributed by atoms with Crippen LogP contribution in [0.15, 0.2) is 24.3 Å².